The van der Waals surface area contributed by atoms with Crippen LogP contribution in [0.5, 0.6) is 11.5 Å². The molecule has 4 nitrogen and oxygen atoms in total. The Bertz CT molecular complexity index is 685. The van der Waals surface area contributed by atoms with Gasteiger partial charge in [-0.3, -0.25) is 4.79 Å². The van der Waals surface area contributed by atoms with Crippen LogP contribution in [-0.4, -0.2) is 20.1 Å². The second-order valence-electron chi connectivity index (χ2n) is 5.64. The van der Waals surface area contributed by atoms with E-state index in [-0.39, 0.29) is 5.91 Å². The molecule has 2 aromatic rings. The molecule has 0 aliphatic heterocycles. The van der Waals surface area contributed by atoms with Gasteiger partial charge in [0.05, 0.1) is 24.8 Å². The number of thiophene rings is 1. The molecular weight excluding hydrogens is 310 g/mol. The molecule has 1 heterocycles. The summed E-state index contributed by atoms with van der Waals surface area (Å²) in [5, 5.41) is 2.94. The zero-order valence-electron chi connectivity index (χ0n) is 13.5. The summed E-state index contributed by atoms with van der Waals surface area (Å²) in [5.74, 6) is 1.21. The Hall–Kier alpha value is -2.01. The summed E-state index contributed by atoms with van der Waals surface area (Å²) in [4.78, 5) is 14.7. The standard InChI is InChI=1S/C18H21NO3S/c1-21-13-8-9-14(15(11-13)22-2)19-18(20)17-10-12-6-4-3-5-7-16(12)23-17/h8-11H,3-7H2,1-2H3,(H,19,20). The Balaban J connectivity index is 1.79. The Morgan fingerprint density at radius 2 is 1.91 bits per heavy atom. The molecule has 0 spiro atoms. The van der Waals surface area contributed by atoms with Crippen molar-refractivity contribution >= 4 is 22.9 Å². The summed E-state index contributed by atoms with van der Waals surface area (Å²) in [6.45, 7) is 0. The minimum atomic E-state index is -0.0773. The Kier molecular flexibility index (Phi) is 4.86. The fraction of sp³-hybridized carbons (Fsp3) is 0.389. The first-order chi connectivity index (χ1) is 11.2. The van der Waals surface area contributed by atoms with E-state index in [0.29, 0.717) is 17.2 Å². The van der Waals surface area contributed by atoms with Crippen molar-refractivity contribution in [3.05, 3.63) is 39.6 Å². The van der Waals surface area contributed by atoms with Gasteiger partial charge in [-0.05, 0) is 49.4 Å². The van der Waals surface area contributed by atoms with Crippen molar-refractivity contribution in [1.82, 2.24) is 0 Å². The van der Waals surface area contributed by atoms with Gasteiger partial charge in [0.1, 0.15) is 11.5 Å². The smallest absolute Gasteiger partial charge is 0.265 e. The number of ether oxygens (including phenoxy) is 2. The highest BCUT2D eigenvalue weighted by Crippen LogP contribution is 2.32. The van der Waals surface area contributed by atoms with Crippen molar-refractivity contribution < 1.29 is 14.3 Å². The number of fused-ring (bicyclic) bond motifs is 1. The monoisotopic (exact) mass is 331 g/mol. The molecule has 23 heavy (non-hydrogen) atoms. The first-order valence-corrected chi connectivity index (χ1v) is 8.68. The summed E-state index contributed by atoms with van der Waals surface area (Å²) in [5.41, 5.74) is 2.00. The van der Waals surface area contributed by atoms with Crippen LogP contribution in [0.15, 0.2) is 24.3 Å². The third-order valence-corrected chi connectivity index (χ3v) is 5.36. The largest absolute Gasteiger partial charge is 0.497 e. The lowest BCUT2D eigenvalue weighted by Crippen LogP contribution is -2.11. The van der Waals surface area contributed by atoms with E-state index in [2.05, 4.69) is 11.4 Å². The Labute approximate surface area is 140 Å². The number of benzene rings is 1. The molecular formula is C18H21NO3S. The van der Waals surface area contributed by atoms with Gasteiger partial charge in [0.25, 0.3) is 5.91 Å². The summed E-state index contributed by atoms with van der Waals surface area (Å²) in [6, 6.07) is 7.42. The molecule has 3 rings (SSSR count). The molecule has 0 radical (unpaired) electrons. The topological polar surface area (TPSA) is 47.6 Å². The summed E-state index contributed by atoms with van der Waals surface area (Å²) in [7, 11) is 3.18. The van der Waals surface area contributed by atoms with Crippen LogP contribution in [0.3, 0.4) is 0 Å². The molecule has 0 fully saturated rings. The lowest BCUT2D eigenvalue weighted by molar-refractivity contribution is 0.103. The third-order valence-electron chi connectivity index (χ3n) is 4.13. The number of carbonyl (C=O) groups is 1. The van der Waals surface area contributed by atoms with Crippen LogP contribution in [0.1, 0.15) is 39.4 Å². The molecule has 1 aliphatic carbocycles. The predicted octanol–water partition coefficient (Wildman–Crippen LogP) is 4.29. The van der Waals surface area contributed by atoms with Crippen LogP contribution in [-0.2, 0) is 12.8 Å². The number of anilines is 1. The van der Waals surface area contributed by atoms with E-state index in [0.717, 1.165) is 17.7 Å². The minimum Gasteiger partial charge on any atom is -0.497 e. The lowest BCUT2D eigenvalue weighted by Gasteiger charge is -2.11. The van der Waals surface area contributed by atoms with Crippen LogP contribution < -0.4 is 14.8 Å². The van der Waals surface area contributed by atoms with Gasteiger partial charge in [-0.15, -0.1) is 11.3 Å². The first-order valence-electron chi connectivity index (χ1n) is 7.86. The van der Waals surface area contributed by atoms with E-state index in [4.69, 9.17) is 9.47 Å². The molecule has 0 bridgehead atoms. The number of nitrogens with one attached hydrogen (secondary N) is 1. The highest BCUT2D eigenvalue weighted by atomic mass is 32.1. The number of rotatable bonds is 4. The molecule has 1 aromatic carbocycles. The highest BCUT2D eigenvalue weighted by Gasteiger charge is 2.17. The molecule has 0 saturated carbocycles. The zero-order chi connectivity index (χ0) is 16.2. The van der Waals surface area contributed by atoms with Crippen LogP contribution in [0.2, 0.25) is 0 Å². The van der Waals surface area contributed by atoms with Crippen molar-refractivity contribution in [2.45, 2.75) is 32.1 Å². The van der Waals surface area contributed by atoms with E-state index in [9.17, 15) is 4.79 Å². The maximum atomic E-state index is 12.6. The quantitative estimate of drug-likeness (QED) is 0.850. The van der Waals surface area contributed by atoms with Gasteiger partial charge in [-0.2, -0.15) is 0 Å². The number of hydrogen-bond acceptors (Lipinski definition) is 4. The molecule has 1 N–H and O–H groups in total. The van der Waals surface area contributed by atoms with Gasteiger partial charge >= 0.3 is 0 Å². The van der Waals surface area contributed by atoms with Crippen molar-refractivity contribution in [3.8, 4) is 11.5 Å². The normalized spacial score (nSPS) is 13.8. The van der Waals surface area contributed by atoms with Crippen molar-refractivity contribution in [2.75, 3.05) is 19.5 Å². The number of amides is 1. The second kappa shape index (κ2) is 7.04. The summed E-state index contributed by atoms with van der Waals surface area (Å²) < 4.78 is 10.5. The molecule has 5 heteroatoms. The van der Waals surface area contributed by atoms with Gasteiger partial charge < -0.3 is 14.8 Å². The van der Waals surface area contributed by atoms with E-state index < -0.39 is 0 Å². The average Bonchev–Trinajstić information content (AvgIpc) is 2.86. The van der Waals surface area contributed by atoms with Gasteiger partial charge in [0.2, 0.25) is 0 Å². The number of methoxy groups -OCH3 is 2. The molecule has 0 saturated heterocycles. The van der Waals surface area contributed by atoms with Crippen LogP contribution in [0.25, 0.3) is 0 Å². The van der Waals surface area contributed by atoms with E-state index in [1.165, 1.54) is 29.7 Å². The zero-order valence-corrected chi connectivity index (χ0v) is 14.3. The minimum absolute atomic E-state index is 0.0773. The van der Waals surface area contributed by atoms with E-state index in [1.807, 2.05) is 6.07 Å². The number of hydrogen-bond donors (Lipinski definition) is 1. The van der Waals surface area contributed by atoms with Crippen LogP contribution in [0.4, 0.5) is 5.69 Å². The molecule has 0 atom stereocenters. The molecule has 1 aliphatic rings. The van der Waals surface area contributed by atoms with E-state index >= 15 is 0 Å². The number of carbonyl (C=O) groups excluding carboxylic acids is 1. The fourth-order valence-corrected chi connectivity index (χ4v) is 4.01. The fourth-order valence-electron chi connectivity index (χ4n) is 2.87. The molecule has 0 unspecified atom stereocenters. The van der Waals surface area contributed by atoms with Crippen molar-refractivity contribution in [1.29, 1.82) is 0 Å². The van der Waals surface area contributed by atoms with Crippen LogP contribution >= 0.6 is 11.3 Å². The Morgan fingerprint density at radius 1 is 1.09 bits per heavy atom. The first kappa shape index (κ1) is 15.9. The lowest BCUT2D eigenvalue weighted by atomic mass is 10.1. The third kappa shape index (κ3) is 3.50. The predicted molar refractivity (Wildman–Crippen MR) is 93.1 cm³/mol. The molecule has 122 valence electrons. The second-order valence-corrected chi connectivity index (χ2v) is 6.78. The summed E-state index contributed by atoms with van der Waals surface area (Å²) in [6.07, 6.45) is 5.91. The van der Waals surface area contributed by atoms with Crippen molar-refractivity contribution in [2.24, 2.45) is 0 Å². The average molecular weight is 331 g/mol. The van der Waals surface area contributed by atoms with Gasteiger partial charge in [0.15, 0.2) is 0 Å². The Morgan fingerprint density at radius 3 is 2.70 bits per heavy atom. The molecule has 1 aromatic heterocycles. The van der Waals surface area contributed by atoms with Crippen molar-refractivity contribution in [3.63, 3.8) is 0 Å². The van der Waals surface area contributed by atoms with Crippen LogP contribution in [0, 0.1) is 0 Å². The van der Waals surface area contributed by atoms with Gasteiger partial charge in [0, 0.05) is 10.9 Å². The maximum Gasteiger partial charge on any atom is 0.265 e. The molecule has 1 amide bonds. The van der Waals surface area contributed by atoms with Gasteiger partial charge in [-0.1, -0.05) is 6.42 Å². The highest BCUT2D eigenvalue weighted by molar-refractivity contribution is 7.14. The SMILES string of the molecule is COc1ccc(NC(=O)c2cc3c(s2)CCCCC3)c(OC)c1. The van der Waals surface area contributed by atoms with Gasteiger partial charge in [-0.25, -0.2) is 0 Å². The van der Waals surface area contributed by atoms with E-state index in [1.54, 1.807) is 37.7 Å². The summed E-state index contributed by atoms with van der Waals surface area (Å²) >= 11 is 1.62. The number of aryl methyl sites for hydroxylation is 2. The maximum absolute atomic E-state index is 12.6.